The first kappa shape index (κ1) is 22.5. The van der Waals surface area contributed by atoms with Crippen LogP contribution in [0.15, 0.2) is 12.1 Å². The maximum absolute atomic E-state index is 13.3. The van der Waals surface area contributed by atoms with Crippen molar-refractivity contribution >= 4 is 23.3 Å². The fraction of sp³-hybridized carbons (Fsp3) is 0.524. The lowest BCUT2D eigenvalue weighted by Gasteiger charge is -2.30. The summed E-state index contributed by atoms with van der Waals surface area (Å²) >= 11 is 6.28. The molecule has 2 aromatic rings. The van der Waals surface area contributed by atoms with Gasteiger partial charge in [0.25, 0.3) is 0 Å². The number of carbonyl (C=O) groups excluding carboxylic acids is 1. The van der Waals surface area contributed by atoms with Gasteiger partial charge in [-0.05, 0) is 68.6 Å². The molecule has 164 valence electrons. The number of hydrogen-bond acceptors (Lipinski definition) is 3. The van der Waals surface area contributed by atoms with Gasteiger partial charge in [-0.3, -0.25) is 9.89 Å². The van der Waals surface area contributed by atoms with Gasteiger partial charge >= 0.3 is 6.18 Å². The lowest BCUT2D eigenvalue weighted by atomic mass is 9.78. The molecule has 0 saturated heterocycles. The van der Waals surface area contributed by atoms with E-state index in [1.165, 1.54) is 0 Å². The van der Waals surface area contributed by atoms with Crippen LogP contribution in [0.1, 0.15) is 71.3 Å². The van der Waals surface area contributed by atoms with Crippen LogP contribution in [0.3, 0.4) is 0 Å². The summed E-state index contributed by atoms with van der Waals surface area (Å²) in [5.41, 5.74) is 6.68. The third kappa shape index (κ3) is 4.74. The maximum Gasteiger partial charge on any atom is 0.416 e. The number of hydrogen-bond donors (Lipinski definition) is 3. The average molecular weight is 443 g/mol. The van der Waals surface area contributed by atoms with Crippen LogP contribution in [-0.2, 0) is 12.6 Å². The van der Waals surface area contributed by atoms with Gasteiger partial charge in [-0.25, -0.2) is 0 Å². The lowest BCUT2D eigenvalue weighted by Crippen LogP contribution is -2.22. The number of aromatic amines is 1. The van der Waals surface area contributed by atoms with Crippen molar-refractivity contribution in [2.75, 3.05) is 11.9 Å². The molecule has 0 unspecified atom stereocenters. The number of halogens is 4. The Morgan fingerprint density at radius 2 is 1.97 bits per heavy atom. The molecule has 0 radical (unpaired) electrons. The van der Waals surface area contributed by atoms with Gasteiger partial charge < -0.3 is 11.1 Å². The monoisotopic (exact) mass is 442 g/mol. The van der Waals surface area contributed by atoms with Crippen LogP contribution in [0.25, 0.3) is 0 Å². The van der Waals surface area contributed by atoms with Gasteiger partial charge in [-0.1, -0.05) is 18.5 Å². The molecule has 0 bridgehead atoms. The van der Waals surface area contributed by atoms with Crippen LogP contribution in [0, 0.1) is 12.8 Å². The third-order valence-corrected chi connectivity index (χ3v) is 6.42. The average Bonchev–Trinajstić information content (AvgIpc) is 3.05. The van der Waals surface area contributed by atoms with E-state index in [2.05, 4.69) is 22.4 Å². The van der Waals surface area contributed by atoms with Gasteiger partial charge in [0, 0.05) is 17.8 Å². The second-order valence-corrected chi connectivity index (χ2v) is 8.29. The van der Waals surface area contributed by atoms with Crippen LogP contribution < -0.4 is 11.1 Å². The Labute approximate surface area is 178 Å². The molecular formula is C21H26ClF3N4O. The number of benzene rings is 1. The largest absolute Gasteiger partial charge is 0.416 e. The Morgan fingerprint density at radius 3 is 2.50 bits per heavy atom. The minimum atomic E-state index is -4.57. The highest BCUT2D eigenvalue weighted by Crippen LogP contribution is 2.42. The molecule has 3 rings (SSSR count). The SMILES string of the molecule is CCc1[nH]nc(NCC2CCC(c3cc(C(F)(F)F)cc(C(N)=O)c3Cl)CC2)c1C. The number of alkyl halides is 3. The molecular weight excluding hydrogens is 417 g/mol. The maximum atomic E-state index is 13.3. The van der Waals surface area contributed by atoms with Crippen LogP contribution in [0.2, 0.25) is 5.02 Å². The van der Waals surface area contributed by atoms with E-state index in [9.17, 15) is 18.0 Å². The minimum absolute atomic E-state index is 0.0383. The summed E-state index contributed by atoms with van der Waals surface area (Å²) in [7, 11) is 0. The summed E-state index contributed by atoms with van der Waals surface area (Å²) in [4.78, 5) is 11.6. The lowest BCUT2D eigenvalue weighted by molar-refractivity contribution is -0.137. The number of aryl methyl sites for hydroxylation is 1. The van der Waals surface area contributed by atoms with Crippen molar-refractivity contribution in [1.82, 2.24) is 10.2 Å². The molecule has 30 heavy (non-hydrogen) atoms. The van der Waals surface area contributed by atoms with Crippen LogP contribution >= 0.6 is 11.6 Å². The number of anilines is 1. The molecule has 5 nitrogen and oxygen atoms in total. The summed E-state index contributed by atoms with van der Waals surface area (Å²) in [5, 5.41) is 10.7. The van der Waals surface area contributed by atoms with Crippen molar-refractivity contribution in [3.63, 3.8) is 0 Å². The molecule has 9 heteroatoms. The van der Waals surface area contributed by atoms with Gasteiger partial charge in [0.15, 0.2) is 5.82 Å². The zero-order chi connectivity index (χ0) is 22.1. The summed E-state index contributed by atoms with van der Waals surface area (Å²) in [6.07, 6.45) is -0.586. The standard InChI is InChI=1S/C21H26ClF3N4O/c1-3-17-11(2)20(29-28-17)27-10-12-4-6-13(7-5-12)15-8-14(21(23,24)25)9-16(18(15)22)19(26)30/h8-9,12-13H,3-7,10H2,1-2H3,(H2,26,30)(H2,27,28,29). The molecule has 0 aliphatic heterocycles. The third-order valence-electron chi connectivity index (χ3n) is 6.00. The smallest absolute Gasteiger partial charge is 0.368 e. The molecule has 1 amide bonds. The summed E-state index contributed by atoms with van der Waals surface area (Å²) in [5.74, 6) is 0.155. The zero-order valence-corrected chi connectivity index (χ0v) is 17.8. The first-order valence-electron chi connectivity index (χ1n) is 10.1. The molecule has 4 N–H and O–H groups in total. The van der Waals surface area contributed by atoms with Crippen LogP contribution in [-0.4, -0.2) is 22.6 Å². The molecule has 1 aliphatic carbocycles. The predicted octanol–water partition coefficient (Wildman–Crippen LogP) is 5.44. The van der Waals surface area contributed by atoms with Gasteiger partial charge in [0.2, 0.25) is 5.91 Å². The van der Waals surface area contributed by atoms with Crippen LogP contribution in [0.4, 0.5) is 19.0 Å². The van der Waals surface area contributed by atoms with E-state index in [0.29, 0.717) is 24.3 Å². The number of rotatable bonds is 6. The molecule has 1 aliphatic rings. The first-order valence-corrected chi connectivity index (χ1v) is 10.5. The number of nitrogens with one attached hydrogen (secondary N) is 2. The van der Waals surface area contributed by atoms with E-state index in [4.69, 9.17) is 17.3 Å². The van der Waals surface area contributed by atoms with Crippen molar-refractivity contribution in [2.45, 2.75) is 58.0 Å². The number of carbonyl (C=O) groups is 1. The molecule has 1 aromatic heterocycles. The van der Waals surface area contributed by atoms with Crippen molar-refractivity contribution in [1.29, 1.82) is 0 Å². The highest BCUT2D eigenvalue weighted by molar-refractivity contribution is 6.34. The summed E-state index contributed by atoms with van der Waals surface area (Å²) in [6, 6.07) is 1.80. The predicted molar refractivity (Wildman–Crippen MR) is 111 cm³/mol. The van der Waals surface area contributed by atoms with Gasteiger partial charge in [0.1, 0.15) is 0 Å². The Morgan fingerprint density at radius 1 is 1.30 bits per heavy atom. The minimum Gasteiger partial charge on any atom is -0.368 e. The summed E-state index contributed by atoms with van der Waals surface area (Å²) < 4.78 is 39.8. The second-order valence-electron chi connectivity index (χ2n) is 7.92. The van der Waals surface area contributed by atoms with Crippen molar-refractivity contribution in [2.24, 2.45) is 11.7 Å². The fourth-order valence-electron chi connectivity index (χ4n) is 4.16. The van der Waals surface area contributed by atoms with E-state index in [0.717, 1.165) is 55.0 Å². The van der Waals surface area contributed by atoms with Gasteiger partial charge in [0.05, 0.1) is 16.1 Å². The molecule has 1 heterocycles. The quantitative estimate of drug-likeness (QED) is 0.557. The number of nitrogens with zero attached hydrogens (tertiary/aromatic N) is 1. The number of amides is 1. The Balaban J connectivity index is 1.69. The number of primary amides is 1. The van der Waals surface area contributed by atoms with E-state index in [1.54, 1.807) is 0 Å². The Hall–Kier alpha value is -2.22. The number of H-pyrrole nitrogens is 1. The molecule has 1 saturated carbocycles. The van der Waals surface area contributed by atoms with E-state index in [1.807, 2.05) is 6.92 Å². The first-order chi connectivity index (χ1) is 14.1. The molecule has 0 spiro atoms. The Bertz CT molecular complexity index is 918. The van der Waals surface area contributed by atoms with Crippen molar-refractivity contribution in [3.8, 4) is 0 Å². The molecule has 1 aromatic carbocycles. The highest BCUT2D eigenvalue weighted by atomic mass is 35.5. The molecule has 1 fully saturated rings. The van der Waals surface area contributed by atoms with Crippen molar-refractivity contribution < 1.29 is 18.0 Å². The normalized spacial score (nSPS) is 19.7. The van der Waals surface area contributed by atoms with Crippen LogP contribution in [0.5, 0.6) is 0 Å². The summed E-state index contributed by atoms with van der Waals surface area (Å²) in [6.45, 7) is 4.84. The highest BCUT2D eigenvalue weighted by Gasteiger charge is 2.34. The zero-order valence-electron chi connectivity index (χ0n) is 17.0. The Kier molecular flexibility index (Phi) is 6.65. The van der Waals surface area contributed by atoms with E-state index in [-0.39, 0.29) is 16.5 Å². The van der Waals surface area contributed by atoms with Gasteiger partial charge in [-0.2, -0.15) is 18.3 Å². The second kappa shape index (κ2) is 8.88. The van der Waals surface area contributed by atoms with E-state index < -0.39 is 17.6 Å². The van der Waals surface area contributed by atoms with Crippen molar-refractivity contribution in [3.05, 3.63) is 45.1 Å². The number of nitrogens with two attached hydrogens (primary N) is 1. The van der Waals surface area contributed by atoms with Gasteiger partial charge in [-0.15, -0.1) is 0 Å². The number of aromatic nitrogens is 2. The fourth-order valence-corrected chi connectivity index (χ4v) is 4.51. The van der Waals surface area contributed by atoms with E-state index >= 15 is 0 Å². The topological polar surface area (TPSA) is 83.8 Å². The molecule has 0 atom stereocenters.